The third kappa shape index (κ3) is 4.90. The molecule has 38 heavy (non-hydrogen) atoms. The maximum absolute atomic E-state index is 11.6. The molecule has 1 heterocycles. The minimum Gasteiger partial charge on any atom is -0.368 e. The standard InChI is InChI=1S/C27H46O9S2/c1-17(2)6-5-7-18(16-34-37(28,29)30)19-8-9-20-21-10-11-22-24-23(36-38(31,32)33)12-13-26(22,4)27(21,35-24)15-14-25(19,20)3/h17-24H,5-16H2,1-4H3,(H,28,29,30)(H,31,32,33)/t18-,19+,20-,21-,22+,23+,24-,25+,26-,27+/m0/s1. The zero-order chi connectivity index (χ0) is 27.7. The predicted octanol–water partition coefficient (Wildman–Crippen LogP) is 5.23. The Morgan fingerprint density at radius 3 is 2.21 bits per heavy atom. The lowest BCUT2D eigenvalue weighted by molar-refractivity contribution is -0.194. The minimum absolute atomic E-state index is 0.0206. The van der Waals surface area contributed by atoms with Gasteiger partial charge in [-0.3, -0.25) is 9.11 Å². The van der Waals surface area contributed by atoms with E-state index in [1.165, 1.54) is 0 Å². The highest BCUT2D eigenvalue weighted by atomic mass is 32.3. The van der Waals surface area contributed by atoms with Crippen molar-refractivity contribution in [1.29, 1.82) is 0 Å². The molecule has 0 aromatic carbocycles. The van der Waals surface area contributed by atoms with Crippen molar-refractivity contribution in [3.05, 3.63) is 0 Å². The van der Waals surface area contributed by atoms with Gasteiger partial charge in [-0.2, -0.15) is 16.8 Å². The van der Waals surface area contributed by atoms with Gasteiger partial charge in [0.2, 0.25) is 0 Å². The van der Waals surface area contributed by atoms with E-state index in [4.69, 9.17) is 13.1 Å². The summed E-state index contributed by atoms with van der Waals surface area (Å²) >= 11 is 0. The van der Waals surface area contributed by atoms with Crippen molar-refractivity contribution in [2.75, 3.05) is 6.61 Å². The monoisotopic (exact) mass is 578 g/mol. The van der Waals surface area contributed by atoms with E-state index in [0.29, 0.717) is 30.1 Å². The summed E-state index contributed by atoms with van der Waals surface area (Å²) in [6.07, 6.45) is 9.26. The Morgan fingerprint density at radius 2 is 1.55 bits per heavy atom. The summed E-state index contributed by atoms with van der Waals surface area (Å²) in [7, 11) is -9.05. The molecule has 10 atom stereocenters. The lowest BCUT2D eigenvalue weighted by Gasteiger charge is -2.61. The smallest absolute Gasteiger partial charge is 0.368 e. The van der Waals surface area contributed by atoms with E-state index < -0.39 is 26.9 Å². The van der Waals surface area contributed by atoms with Crippen LogP contribution >= 0.6 is 0 Å². The molecule has 5 rings (SSSR count). The van der Waals surface area contributed by atoms with Crippen LogP contribution in [-0.2, 0) is 33.9 Å². The fourth-order valence-corrected chi connectivity index (χ4v) is 11.2. The van der Waals surface area contributed by atoms with E-state index in [1.54, 1.807) is 0 Å². The molecule has 11 heteroatoms. The Balaban J connectivity index is 1.39. The van der Waals surface area contributed by atoms with Gasteiger partial charge in [-0.1, -0.05) is 40.5 Å². The Morgan fingerprint density at radius 1 is 0.868 bits per heavy atom. The molecule has 1 spiro atoms. The molecule has 4 saturated carbocycles. The highest BCUT2D eigenvalue weighted by molar-refractivity contribution is 7.81. The second-order valence-electron chi connectivity index (χ2n) is 13.9. The molecule has 1 saturated heterocycles. The summed E-state index contributed by atoms with van der Waals surface area (Å²) in [5.41, 5.74) is -0.354. The van der Waals surface area contributed by atoms with Gasteiger partial charge in [-0.15, -0.1) is 0 Å². The maximum atomic E-state index is 11.6. The zero-order valence-electron chi connectivity index (χ0n) is 23.2. The van der Waals surface area contributed by atoms with Gasteiger partial charge in [0, 0.05) is 5.41 Å². The van der Waals surface area contributed by atoms with E-state index in [9.17, 15) is 25.9 Å². The Bertz CT molecular complexity index is 1110. The molecule has 9 nitrogen and oxygen atoms in total. The van der Waals surface area contributed by atoms with Crippen molar-refractivity contribution in [3.63, 3.8) is 0 Å². The van der Waals surface area contributed by atoms with Crippen LogP contribution in [0.1, 0.15) is 98.3 Å². The van der Waals surface area contributed by atoms with Crippen LogP contribution in [-0.4, -0.2) is 50.4 Å². The summed E-state index contributed by atoms with van der Waals surface area (Å²) < 4.78 is 81.8. The van der Waals surface area contributed by atoms with Crippen LogP contribution in [0.4, 0.5) is 0 Å². The highest BCUT2D eigenvalue weighted by Crippen LogP contribution is 2.74. The van der Waals surface area contributed by atoms with Gasteiger partial charge in [0.1, 0.15) is 6.10 Å². The van der Waals surface area contributed by atoms with Gasteiger partial charge >= 0.3 is 20.8 Å². The fraction of sp³-hybridized carbons (Fsp3) is 1.00. The number of hydrogen-bond donors (Lipinski definition) is 2. The van der Waals surface area contributed by atoms with Crippen molar-refractivity contribution in [3.8, 4) is 0 Å². The van der Waals surface area contributed by atoms with Gasteiger partial charge in [-0.25, -0.2) is 8.37 Å². The second kappa shape index (κ2) is 9.91. The number of fused-ring (bicyclic) bond motifs is 2. The zero-order valence-corrected chi connectivity index (χ0v) is 24.8. The van der Waals surface area contributed by atoms with Crippen LogP contribution in [0.25, 0.3) is 0 Å². The third-order valence-corrected chi connectivity index (χ3v) is 12.8. The third-order valence-electron chi connectivity index (χ3n) is 11.8. The maximum Gasteiger partial charge on any atom is 0.397 e. The van der Waals surface area contributed by atoms with Crippen molar-refractivity contribution in [2.45, 2.75) is 116 Å². The van der Waals surface area contributed by atoms with Gasteiger partial charge in [0.15, 0.2) is 0 Å². The Hall–Kier alpha value is -0.300. The molecule has 1 aliphatic heterocycles. The average molecular weight is 579 g/mol. The summed E-state index contributed by atoms with van der Waals surface area (Å²) in [6, 6.07) is 0. The largest absolute Gasteiger partial charge is 0.397 e. The molecular weight excluding hydrogens is 532 g/mol. The quantitative estimate of drug-likeness (QED) is 0.334. The molecule has 5 fully saturated rings. The van der Waals surface area contributed by atoms with Crippen LogP contribution in [0.15, 0.2) is 0 Å². The molecule has 4 aliphatic carbocycles. The predicted molar refractivity (Wildman–Crippen MR) is 141 cm³/mol. The first-order valence-electron chi connectivity index (χ1n) is 14.5. The number of hydrogen-bond acceptors (Lipinski definition) is 7. The molecular formula is C27H46O9S2. The number of ether oxygens (including phenoxy) is 1. The fourth-order valence-electron chi connectivity index (χ4n) is 10.3. The summed E-state index contributed by atoms with van der Waals surface area (Å²) in [6.45, 7) is 9.12. The van der Waals surface area contributed by atoms with Crippen LogP contribution in [0.5, 0.6) is 0 Å². The SMILES string of the molecule is CC(C)CCC[C@@H](COS(=O)(=O)O)[C@H]1CC[C@H]2[C@@H]3CC[C@@H]4[C@@H]5O[C@@]3(CC[C@]12C)[C@@]4(C)CC[C@H]5OS(=O)(=O)O. The molecule has 0 aromatic rings. The van der Waals surface area contributed by atoms with Crippen molar-refractivity contribution < 1.29 is 39.0 Å². The summed E-state index contributed by atoms with van der Waals surface area (Å²) in [4.78, 5) is 0. The molecule has 5 aliphatic rings. The first-order chi connectivity index (χ1) is 17.6. The van der Waals surface area contributed by atoms with Gasteiger partial charge in [0.05, 0.1) is 18.3 Å². The van der Waals surface area contributed by atoms with Crippen molar-refractivity contribution in [1.82, 2.24) is 0 Å². The lowest BCUT2D eigenvalue weighted by atomic mass is 9.43. The van der Waals surface area contributed by atoms with Crippen molar-refractivity contribution in [2.24, 2.45) is 46.3 Å². The van der Waals surface area contributed by atoms with Crippen LogP contribution < -0.4 is 0 Å². The number of rotatable bonds is 10. The molecule has 2 N–H and O–H groups in total. The van der Waals surface area contributed by atoms with E-state index in [-0.39, 0.29) is 41.0 Å². The molecule has 0 aromatic heterocycles. The Labute approximate surface area is 228 Å². The van der Waals surface area contributed by atoms with Crippen LogP contribution in [0, 0.1) is 46.3 Å². The summed E-state index contributed by atoms with van der Waals surface area (Å²) in [5.74, 6) is 1.93. The minimum atomic E-state index is -4.55. The highest BCUT2D eigenvalue weighted by Gasteiger charge is 2.74. The van der Waals surface area contributed by atoms with E-state index >= 15 is 0 Å². The van der Waals surface area contributed by atoms with E-state index in [0.717, 1.165) is 64.2 Å². The normalized spacial score (nSPS) is 45.1. The Kier molecular flexibility index (Phi) is 7.62. The lowest BCUT2D eigenvalue weighted by Crippen LogP contribution is -2.61. The molecule has 0 radical (unpaired) electrons. The summed E-state index contributed by atoms with van der Waals surface area (Å²) in [5, 5.41) is 0. The molecule has 0 amide bonds. The van der Waals surface area contributed by atoms with Crippen LogP contribution in [0.3, 0.4) is 0 Å². The van der Waals surface area contributed by atoms with Crippen LogP contribution in [0.2, 0.25) is 0 Å². The van der Waals surface area contributed by atoms with Gasteiger partial charge in [0.25, 0.3) is 0 Å². The molecule has 220 valence electrons. The average Bonchev–Trinajstić information content (AvgIpc) is 3.11. The first-order valence-corrected chi connectivity index (χ1v) is 17.3. The van der Waals surface area contributed by atoms with E-state index in [1.807, 2.05) is 0 Å². The second-order valence-corrected chi connectivity index (χ2v) is 16.0. The first kappa shape index (κ1) is 29.2. The van der Waals surface area contributed by atoms with E-state index in [2.05, 4.69) is 27.7 Å². The van der Waals surface area contributed by atoms with Crippen molar-refractivity contribution >= 4 is 20.8 Å². The van der Waals surface area contributed by atoms with Gasteiger partial charge in [-0.05, 0) is 98.7 Å². The van der Waals surface area contributed by atoms with Gasteiger partial charge < -0.3 is 4.74 Å². The topological polar surface area (TPSA) is 136 Å². The molecule has 0 unspecified atom stereocenters. The molecule has 4 bridgehead atoms.